The van der Waals surface area contributed by atoms with Crippen LogP contribution in [0, 0.1) is 23.2 Å². The van der Waals surface area contributed by atoms with Crippen LogP contribution in [0.2, 0.25) is 0 Å². The summed E-state index contributed by atoms with van der Waals surface area (Å²) in [4.78, 5) is 0. The predicted molar refractivity (Wildman–Crippen MR) is 89.2 cm³/mol. The van der Waals surface area contributed by atoms with Crippen molar-refractivity contribution in [3.05, 3.63) is 35.9 Å². The topological polar surface area (TPSA) is 34.1 Å². The first-order valence-electron chi connectivity index (χ1n) is 8.76. The molecule has 0 spiro atoms. The molecular formula is C19H26O2S. The van der Waals surface area contributed by atoms with Gasteiger partial charge in [-0.05, 0) is 73.7 Å². The molecule has 0 N–H and O–H groups in total. The van der Waals surface area contributed by atoms with Crippen LogP contribution in [-0.4, -0.2) is 14.2 Å². The number of sulfone groups is 1. The maximum atomic E-state index is 12.5. The summed E-state index contributed by atoms with van der Waals surface area (Å²) in [5, 5.41) is 0. The van der Waals surface area contributed by atoms with Crippen LogP contribution in [0.15, 0.2) is 30.3 Å². The molecule has 0 aliphatic heterocycles. The smallest absolute Gasteiger partial charge is 0.154 e. The summed E-state index contributed by atoms with van der Waals surface area (Å²) in [7, 11) is -2.98. The highest BCUT2D eigenvalue weighted by molar-refractivity contribution is 7.90. The molecule has 4 saturated carbocycles. The van der Waals surface area contributed by atoms with Crippen molar-refractivity contribution in [2.24, 2.45) is 23.2 Å². The summed E-state index contributed by atoms with van der Waals surface area (Å²) in [6.45, 7) is 0. The molecule has 0 unspecified atom stereocenters. The van der Waals surface area contributed by atoms with E-state index >= 15 is 0 Å². The molecular weight excluding hydrogens is 292 g/mol. The van der Waals surface area contributed by atoms with Crippen molar-refractivity contribution in [1.82, 2.24) is 0 Å². The fourth-order valence-electron chi connectivity index (χ4n) is 5.87. The highest BCUT2D eigenvalue weighted by atomic mass is 32.2. The summed E-state index contributed by atoms with van der Waals surface area (Å²) in [6, 6.07) is 9.62. The molecule has 3 heteroatoms. The van der Waals surface area contributed by atoms with E-state index in [2.05, 4.69) is 0 Å². The first-order valence-corrected chi connectivity index (χ1v) is 10.6. The minimum absolute atomic E-state index is 0.209. The second kappa shape index (κ2) is 5.36. The van der Waals surface area contributed by atoms with Gasteiger partial charge in [-0.15, -0.1) is 0 Å². The van der Waals surface area contributed by atoms with Crippen molar-refractivity contribution in [1.29, 1.82) is 0 Å². The lowest BCUT2D eigenvalue weighted by Gasteiger charge is -2.57. The first kappa shape index (κ1) is 14.7. The van der Waals surface area contributed by atoms with Gasteiger partial charge in [0.15, 0.2) is 9.84 Å². The molecule has 1 aromatic carbocycles. The Balaban J connectivity index is 1.42. The fraction of sp³-hybridized carbons (Fsp3) is 0.684. The molecule has 0 radical (unpaired) electrons. The Hall–Kier alpha value is -0.830. The Kier molecular flexibility index (Phi) is 3.60. The normalized spacial score (nSPS) is 36.6. The van der Waals surface area contributed by atoms with Crippen LogP contribution in [0.5, 0.6) is 0 Å². The van der Waals surface area contributed by atoms with Crippen molar-refractivity contribution < 1.29 is 8.42 Å². The average molecular weight is 318 g/mol. The van der Waals surface area contributed by atoms with Crippen molar-refractivity contribution in [3.63, 3.8) is 0 Å². The van der Waals surface area contributed by atoms with Gasteiger partial charge in [-0.1, -0.05) is 30.3 Å². The van der Waals surface area contributed by atoms with E-state index in [0.717, 1.165) is 29.7 Å². The highest BCUT2D eigenvalue weighted by Gasteiger charge is 2.50. The van der Waals surface area contributed by atoms with E-state index in [-0.39, 0.29) is 5.75 Å². The minimum atomic E-state index is -2.98. The van der Waals surface area contributed by atoms with E-state index in [0.29, 0.717) is 11.2 Å². The lowest BCUT2D eigenvalue weighted by Crippen LogP contribution is -2.46. The molecule has 0 saturated heterocycles. The van der Waals surface area contributed by atoms with Crippen LogP contribution in [0.1, 0.15) is 50.5 Å². The first-order chi connectivity index (χ1) is 10.5. The van der Waals surface area contributed by atoms with Crippen molar-refractivity contribution >= 4 is 9.84 Å². The number of hydrogen-bond donors (Lipinski definition) is 0. The third-order valence-corrected chi connectivity index (χ3v) is 7.94. The zero-order valence-electron chi connectivity index (χ0n) is 13.2. The lowest BCUT2D eigenvalue weighted by atomic mass is 9.49. The maximum absolute atomic E-state index is 12.5. The molecule has 2 nitrogen and oxygen atoms in total. The van der Waals surface area contributed by atoms with Gasteiger partial charge in [-0.25, -0.2) is 8.42 Å². The van der Waals surface area contributed by atoms with Crippen LogP contribution in [-0.2, 0) is 15.6 Å². The zero-order chi connectivity index (χ0) is 15.2. The third-order valence-electron chi connectivity index (χ3n) is 6.34. The van der Waals surface area contributed by atoms with Gasteiger partial charge in [0, 0.05) is 0 Å². The van der Waals surface area contributed by atoms with Gasteiger partial charge >= 0.3 is 0 Å². The van der Waals surface area contributed by atoms with Gasteiger partial charge in [0.1, 0.15) is 0 Å². The highest BCUT2D eigenvalue weighted by Crippen LogP contribution is 2.61. The summed E-state index contributed by atoms with van der Waals surface area (Å²) in [5.41, 5.74) is 1.30. The van der Waals surface area contributed by atoms with Crippen LogP contribution in [0.25, 0.3) is 0 Å². The molecule has 4 bridgehead atoms. The molecule has 4 aliphatic rings. The molecule has 5 rings (SSSR count). The standard InChI is InChI=1S/C19H26O2S/c20-22(21,14-15-4-2-1-3-5-15)7-6-19-11-16-8-17(12-19)10-18(9-16)13-19/h1-5,16-18H,6-14H2. The average Bonchev–Trinajstić information content (AvgIpc) is 2.45. The minimum Gasteiger partial charge on any atom is -0.228 e. The van der Waals surface area contributed by atoms with Crippen molar-refractivity contribution in [2.45, 2.75) is 50.7 Å². The van der Waals surface area contributed by atoms with Gasteiger partial charge < -0.3 is 0 Å². The van der Waals surface area contributed by atoms with Crippen LogP contribution in [0.3, 0.4) is 0 Å². The van der Waals surface area contributed by atoms with Gasteiger partial charge in [0.05, 0.1) is 11.5 Å². The van der Waals surface area contributed by atoms with Gasteiger partial charge in [0.2, 0.25) is 0 Å². The SMILES string of the molecule is O=S(=O)(CCC12CC3CC(CC(C3)C1)C2)Cc1ccccc1. The molecule has 4 fully saturated rings. The van der Waals surface area contributed by atoms with E-state index in [1.54, 1.807) is 0 Å². The molecule has 0 atom stereocenters. The lowest BCUT2D eigenvalue weighted by molar-refractivity contribution is -0.0540. The maximum Gasteiger partial charge on any atom is 0.154 e. The molecule has 22 heavy (non-hydrogen) atoms. The third kappa shape index (κ3) is 2.97. The molecule has 0 aromatic heterocycles. The van der Waals surface area contributed by atoms with Crippen molar-refractivity contribution in [2.75, 3.05) is 5.75 Å². The van der Waals surface area contributed by atoms with Gasteiger partial charge in [-0.2, -0.15) is 0 Å². The second-order valence-corrected chi connectivity index (χ2v) is 10.4. The van der Waals surface area contributed by atoms with E-state index in [1.807, 2.05) is 30.3 Å². The van der Waals surface area contributed by atoms with Gasteiger partial charge in [-0.3, -0.25) is 0 Å². The zero-order valence-corrected chi connectivity index (χ0v) is 14.0. The van der Waals surface area contributed by atoms with Gasteiger partial charge in [0.25, 0.3) is 0 Å². The second-order valence-electron chi connectivity index (χ2n) is 8.25. The van der Waals surface area contributed by atoms with E-state index in [4.69, 9.17) is 0 Å². The number of hydrogen-bond acceptors (Lipinski definition) is 2. The van der Waals surface area contributed by atoms with E-state index in [9.17, 15) is 8.42 Å². The molecule has 0 amide bonds. The molecule has 1 aromatic rings. The monoisotopic (exact) mass is 318 g/mol. The Morgan fingerprint density at radius 3 is 2.00 bits per heavy atom. The Morgan fingerprint density at radius 2 is 1.45 bits per heavy atom. The Morgan fingerprint density at radius 1 is 0.909 bits per heavy atom. The van der Waals surface area contributed by atoms with E-state index in [1.165, 1.54) is 38.5 Å². The number of benzene rings is 1. The summed E-state index contributed by atoms with van der Waals surface area (Å²) < 4.78 is 25.0. The molecule has 4 aliphatic carbocycles. The predicted octanol–water partition coefficient (Wildman–Crippen LogP) is 4.21. The Bertz CT molecular complexity index is 597. The fourth-order valence-corrected chi connectivity index (χ4v) is 7.46. The molecule has 120 valence electrons. The van der Waals surface area contributed by atoms with Crippen LogP contribution in [0.4, 0.5) is 0 Å². The molecule has 0 heterocycles. The summed E-state index contributed by atoms with van der Waals surface area (Å²) in [5.74, 6) is 3.31. The quantitative estimate of drug-likeness (QED) is 0.815. The van der Waals surface area contributed by atoms with Crippen LogP contribution < -0.4 is 0 Å². The van der Waals surface area contributed by atoms with E-state index < -0.39 is 9.84 Å². The summed E-state index contributed by atoms with van der Waals surface area (Å²) >= 11 is 0. The van der Waals surface area contributed by atoms with Crippen LogP contribution >= 0.6 is 0 Å². The van der Waals surface area contributed by atoms with Crippen molar-refractivity contribution in [3.8, 4) is 0 Å². The largest absolute Gasteiger partial charge is 0.228 e. The summed E-state index contributed by atoms with van der Waals surface area (Å²) in [6.07, 6.45) is 9.10. The number of rotatable bonds is 5. The Labute approximate surface area is 134 Å².